The number of nitrogens with two attached hydrogens (primary N) is 1. The summed E-state index contributed by atoms with van der Waals surface area (Å²) in [5.41, 5.74) is 4.01. The smallest absolute Gasteiger partial charge is 0.433 e. The van der Waals surface area contributed by atoms with Crippen molar-refractivity contribution in [3.8, 4) is 0 Å². The average molecular weight is 484 g/mol. The molecule has 34 heavy (non-hydrogen) atoms. The first-order valence-corrected chi connectivity index (χ1v) is 10.8. The van der Waals surface area contributed by atoms with E-state index in [1.165, 1.54) is 13.1 Å². The van der Waals surface area contributed by atoms with E-state index in [2.05, 4.69) is 20.4 Å². The molecule has 0 aliphatic carbocycles. The monoisotopic (exact) mass is 484 g/mol. The van der Waals surface area contributed by atoms with Crippen LogP contribution in [0.25, 0.3) is 0 Å². The van der Waals surface area contributed by atoms with Crippen LogP contribution in [-0.2, 0) is 17.3 Å². The number of rotatable bonds is 8. The number of ether oxygens (including phenoxy) is 1. The van der Waals surface area contributed by atoms with Crippen molar-refractivity contribution in [2.45, 2.75) is 38.8 Å². The van der Waals surface area contributed by atoms with Gasteiger partial charge < -0.3 is 25.2 Å². The molecule has 0 aromatic carbocycles. The lowest BCUT2D eigenvalue weighted by Crippen LogP contribution is -2.46. The fraction of sp³-hybridized carbons (Fsp3) is 0.571. The van der Waals surface area contributed by atoms with Gasteiger partial charge in [-0.1, -0.05) is 12.1 Å². The molecular formula is C21H27F3N6O4. The van der Waals surface area contributed by atoms with Crippen LogP contribution in [0.2, 0.25) is 0 Å². The van der Waals surface area contributed by atoms with Crippen LogP contribution < -0.4 is 16.0 Å². The van der Waals surface area contributed by atoms with E-state index < -0.39 is 18.0 Å². The number of amides is 2. The summed E-state index contributed by atoms with van der Waals surface area (Å²) in [5, 5.41) is 6.24. The quantitative estimate of drug-likeness (QED) is 0.584. The van der Waals surface area contributed by atoms with Crippen LogP contribution in [0.5, 0.6) is 0 Å². The van der Waals surface area contributed by atoms with Gasteiger partial charge in [0.2, 0.25) is 5.95 Å². The number of carbonyl (C=O) groups excluding carboxylic acids is 2. The van der Waals surface area contributed by atoms with E-state index in [1.807, 2.05) is 6.92 Å². The maximum atomic E-state index is 13.1. The third-order valence-electron chi connectivity index (χ3n) is 6.44. The summed E-state index contributed by atoms with van der Waals surface area (Å²) in [6.07, 6.45) is -2.13. The number of piperidine rings is 1. The predicted molar refractivity (Wildman–Crippen MR) is 114 cm³/mol. The van der Waals surface area contributed by atoms with Crippen LogP contribution in [0.3, 0.4) is 0 Å². The van der Waals surface area contributed by atoms with Gasteiger partial charge in [-0.15, -0.1) is 0 Å². The van der Waals surface area contributed by atoms with Crippen molar-refractivity contribution < 1.29 is 32.0 Å². The molecule has 2 aromatic heterocycles. The van der Waals surface area contributed by atoms with Crippen molar-refractivity contribution in [3.63, 3.8) is 0 Å². The molecule has 1 atom stereocenters. The third kappa shape index (κ3) is 5.75. The molecule has 1 saturated heterocycles. The molecule has 3 heterocycles. The van der Waals surface area contributed by atoms with E-state index in [-0.39, 0.29) is 35.5 Å². The molecule has 1 aliphatic heterocycles. The van der Waals surface area contributed by atoms with Gasteiger partial charge in [-0.3, -0.25) is 4.79 Å². The first-order chi connectivity index (χ1) is 16.1. The highest BCUT2D eigenvalue weighted by molar-refractivity contribution is 5.91. The van der Waals surface area contributed by atoms with Crippen LogP contribution in [0.15, 0.2) is 22.9 Å². The van der Waals surface area contributed by atoms with Crippen LogP contribution in [0.4, 0.5) is 23.9 Å². The first-order valence-electron chi connectivity index (χ1n) is 10.8. The number of nitrogens with one attached hydrogen (secondary N) is 1. The highest BCUT2D eigenvalue weighted by Gasteiger charge is 2.42. The fourth-order valence-corrected chi connectivity index (χ4v) is 4.38. The number of carbonyl (C=O) groups is 2. The van der Waals surface area contributed by atoms with E-state index in [0.29, 0.717) is 44.5 Å². The lowest BCUT2D eigenvalue weighted by atomic mass is 9.65. The average Bonchev–Trinajstić information content (AvgIpc) is 3.29. The molecule has 0 spiro atoms. The zero-order valence-corrected chi connectivity index (χ0v) is 18.9. The van der Waals surface area contributed by atoms with Gasteiger partial charge in [-0.2, -0.15) is 13.2 Å². The van der Waals surface area contributed by atoms with Crippen LogP contribution in [-0.4, -0.2) is 53.9 Å². The van der Waals surface area contributed by atoms with Crippen molar-refractivity contribution >= 4 is 17.9 Å². The number of aromatic nitrogens is 3. The second kappa shape index (κ2) is 10.3. The predicted octanol–water partition coefficient (Wildman–Crippen LogP) is 2.79. The summed E-state index contributed by atoms with van der Waals surface area (Å²) in [7, 11) is 1.48. The molecule has 1 unspecified atom stereocenters. The van der Waals surface area contributed by atoms with Crippen LogP contribution >= 0.6 is 0 Å². The van der Waals surface area contributed by atoms with E-state index in [1.54, 1.807) is 4.90 Å². The Hall–Kier alpha value is -3.38. The Kier molecular flexibility index (Phi) is 7.62. The Labute approximate surface area is 194 Å². The Morgan fingerprint density at radius 1 is 1.35 bits per heavy atom. The van der Waals surface area contributed by atoms with E-state index >= 15 is 0 Å². The number of hydrogen-bond donors (Lipinski definition) is 2. The summed E-state index contributed by atoms with van der Waals surface area (Å²) < 4.78 is 49.6. The molecule has 10 nitrogen and oxygen atoms in total. The third-order valence-corrected chi connectivity index (χ3v) is 6.44. The highest BCUT2D eigenvalue weighted by Crippen LogP contribution is 2.44. The van der Waals surface area contributed by atoms with E-state index in [9.17, 15) is 22.8 Å². The summed E-state index contributed by atoms with van der Waals surface area (Å²) in [5.74, 6) is -0.136. The lowest BCUT2D eigenvalue weighted by Gasteiger charge is -2.46. The summed E-state index contributed by atoms with van der Waals surface area (Å²) >= 11 is 0. The molecule has 0 radical (unpaired) electrons. The molecule has 186 valence electrons. The molecule has 1 fully saturated rings. The zero-order valence-electron chi connectivity index (χ0n) is 18.9. The normalized spacial score (nSPS) is 16.7. The Morgan fingerprint density at radius 3 is 2.65 bits per heavy atom. The Balaban J connectivity index is 1.78. The molecule has 2 amide bonds. The molecule has 0 bridgehead atoms. The number of nitrogens with zero attached hydrogens (tertiary/aromatic N) is 4. The largest absolute Gasteiger partial charge is 0.449 e. The van der Waals surface area contributed by atoms with Gasteiger partial charge in [0.25, 0.3) is 5.91 Å². The van der Waals surface area contributed by atoms with Gasteiger partial charge in [-0.05, 0) is 30.7 Å². The van der Waals surface area contributed by atoms with Gasteiger partial charge in [-0.25, -0.2) is 14.8 Å². The number of halogens is 3. The summed E-state index contributed by atoms with van der Waals surface area (Å²) in [4.78, 5) is 32.5. The minimum absolute atomic E-state index is 0.0231. The molecule has 3 rings (SSSR count). The minimum Gasteiger partial charge on any atom is -0.449 e. The second-order valence-corrected chi connectivity index (χ2v) is 8.23. The van der Waals surface area contributed by atoms with Gasteiger partial charge in [0.1, 0.15) is 11.5 Å². The van der Waals surface area contributed by atoms with E-state index in [4.69, 9.17) is 15.0 Å². The van der Waals surface area contributed by atoms with Gasteiger partial charge >= 0.3 is 12.3 Å². The van der Waals surface area contributed by atoms with Crippen molar-refractivity contribution in [3.05, 3.63) is 35.5 Å². The second-order valence-electron chi connectivity index (χ2n) is 8.23. The van der Waals surface area contributed by atoms with Crippen LogP contribution in [0.1, 0.15) is 48.1 Å². The van der Waals surface area contributed by atoms with Crippen molar-refractivity contribution in [1.82, 2.24) is 20.4 Å². The maximum Gasteiger partial charge on any atom is 0.433 e. The van der Waals surface area contributed by atoms with Crippen molar-refractivity contribution in [2.75, 3.05) is 31.6 Å². The maximum absolute atomic E-state index is 13.1. The van der Waals surface area contributed by atoms with Crippen LogP contribution in [0, 0.1) is 11.3 Å². The van der Waals surface area contributed by atoms with Crippen molar-refractivity contribution in [2.24, 2.45) is 17.1 Å². The highest BCUT2D eigenvalue weighted by atomic mass is 19.4. The molecule has 3 N–H and O–H groups in total. The fourth-order valence-electron chi connectivity index (χ4n) is 4.38. The Morgan fingerprint density at radius 2 is 2.06 bits per heavy atom. The number of primary amides is 1. The summed E-state index contributed by atoms with van der Waals surface area (Å²) in [6, 6.07) is 2.37. The molecule has 0 saturated carbocycles. The molecule has 1 aliphatic rings. The number of alkyl halides is 3. The van der Waals surface area contributed by atoms with Crippen molar-refractivity contribution in [1.29, 1.82) is 0 Å². The van der Waals surface area contributed by atoms with Gasteiger partial charge in [0, 0.05) is 44.7 Å². The standard InChI is InChI=1S/C21H27F3N6O4/c1-3-20(5-8-30(9-6-20)19-27-7-4-16(28-19)21(22,23)24)13(12-33-18(25)32)10-14-11-15(29-34-14)17(31)26-2/h4,7,11,13H,3,5-6,8-10,12H2,1-2H3,(H2,25,32)(H,26,31). The Bertz CT molecular complexity index is 1000. The molecule has 2 aromatic rings. The zero-order chi connectivity index (χ0) is 24.9. The SMILES string of the molecule is CCC1(C(COC(N)=O)Cc2cc(C(=O)NC)no2)CCN(c2nccc(C(F)(F)F)n2)CC1. The van der Waals surface area contributed by atoms with Gasteiger partial charge in [0.15, 0.2) is 5.69 Å². The number of anilines is 1. The topological polar surface area (TPSA) is 136 Å². The van der Waals surface area contributed by atoms with E-state index in [0.717, 1.165) is 12.3 Å². The number of hydrogen-bond acceptors (Lipinski definition) is 8. The summed E-state index contributed by atoms with van der Waals surface area (Å²) in [6.45, 7) is 2.87. The molecule has 13 heteroatoms. The lowest BCUT2D eigenvalue weighted by molar-refractivity contribution is -0.141. The first kappa shape index (κ1) is 25.2. The minimum atomic E-state index is -4.55. The molecular weight excluding hydrogens is 457 g/mol. The van der Waals surface area contributed by atoms with Gasteiger partial charge in [0.05, 0.1) is 6.61 Å².